The van der Waals surface area contributed by atoms with Gasteiger partial charge in [0, 0.05) is 17.3 Å². The highest BCUT2D eigenvalue weighted by Crippen LogP contribution is 2.31. The van der Waals surface area contributed by atoms with E-state index in [0.717, 1.165) is 30.5 Å². The Hall–Kier alpha value is -3.03. The molecule has 1 aliphatic rings. The highest BCUT2D eigenvalue weighted by molar-refractivity contribution is 5.95. The lowest BCUT2D eigenvalue weighted by atomic mass is 9.86. The predicted octanol–water partition coefficient (Wildman–Crippen LogP) is 3.14. The van der Waals surface area contributed by atoms with E-state index in [1.54, 1.807) is 6.20 Å². The molecule has 2 aromatic heterocycles. The smallest absolute Gasteiger partial charge is 0.233 e. The second kappa shape index (κ2) is 6.12. The number of halogens is 2. The Morgan fingerprint density at radius 3 is 2.84 bits per heavy atom. The number of fused-ring (bicyclic) bond motifs is 1. The quantitative estimate of drug-likeness (QED) is 0.683. The maximum absolute atomic E-state index is 13.8. The molecule has 1 atom stereocenters. The van der Waals surface area contributed by atoms with Crippen LogP contribution in [0.2, 0.25) is 0 Å². The van der Waals surface area contributed by atoms with Crippen LogP contribution in [0, 0.1) is 11.6 Å². The molecular formula is C17H15F2N5O. The molecule has 1 aromatic carbocycles. The van der Waals surface area contributed by atoms with Gasteiger partial charge >= 0.3 is 0 Å². The van der Waals surface area contributed by atoms with E-state index in [-0.39, 0.29) is 28.9 Å². The van der Waals surface area contributed by atoms with Crippen LogP contribution in [0.4, 0.5) is 14.6 Å². The van der Waals surface area contributed by atoms with E-state index in [0.29, 0.717) is 0 Å². The van der Waals surface area contributed by atoms with Gasteiger partial charge in [-0.1, -0.05) is 6.07 Å². The van der Waals surface area contributed by atoms with Crippen LogP contribution in [0.3, 0.4) is 0 Å². The number of hydrogen-bond acceptors (Lipinski definition) is 3. The summed E-state index contributed by atoms with van der Waals surface area (Å²) in [5.74, 6) is -1.70. The predicted molar refractivity (Wildman–Crippen MR) is 86.8 cm³/mol. The minimum atomic E-state index is -0.697. The maximum atomic E-state index is 13.8. The molecule has 8 heteroatoms. The van der Waals surface area contributed by atoms with Crippen molar-refractivity contribution >= 4 is 11.7 Å². The zero-order valence-electron chi connectivity index (χ0n) is 13.1. The number of carbonyl (C=O) groups excluding carboxylic acids is 1. The Balaban J connectivity index is 1.55. The van der Waals surface area contributed by atoms with Gasteiger partial charge in [0.25, 0.3) is 0 Å². The fourth-order valence-electron chi connectivity index (χ4n) is 3.22. The van der Waals surface area contributed by atoms with Crippen LogP contribution in [0.5, 0.6) is 0 Å². The molecule has 1 amide bonds. The first-order valence-electron chi connectivity index (χ1n) is 7.96. The molecule has 0 spiro atoms. The van der Waals surface area contributed by atoms with Gasteiger partial charge in [0.1, 0.15) is 11.6 Å². The summed E-state index contributed by atoms with van der Waals surface area (Å²) in [6, 6.07) is 5.04. The number of carbonyl (C=O) groups is 1. The van der Waals surface area contributed by atoms with E-state index < -0.39 is 11.6 Å². The maximum Gasteiger partial charge on any atom is 0.233 e. The molecule has 2 heterocycles. The Morgan fingerprint density at radius 2 is 2.04 bits per heavy atom. The molecule has 4 rings (SSSR count). The van der Waals surface area contributed by atoms with Crippen LogP contribution in [-0.2, 0) is 11.2 Å². The van der Waals surface area contributed by atoms with Crippen LogP contribution in [0.25, 0.3) is 11.3 Å². The van der Waals surface area contributed by atoms with Gasteiger partial charge < -0.3 is 5.32 Å². The highest BCUT2D eigenvalue weighted by atomic mass is 19.1. The average Bonchev–Trinajstić information content (AvgIpc) is 3.23. The van der Waals surface area contributed by atoms with Crippen LogP contribution >= 0.6 is 0 Å². The summed E-state index contributed by atoms with van der Waals surface area (Å²) in [6.45, 7) is 0. The summed E-state index contributed by atoms with van der Waals surface area (Å²) in [6.07, 6.45) is 4.15. The monoisotopic (exact) mass is 343 g/mol. The molecule has 0 aliphatic heterocycles. The van der Waals surface area contributed by atoms with Crippen LogP contribution in [-0.4, -0.2) is 26.3 Å². The number of anilines is 1. The molecule has 0 bridgehead atoms. The number of H-pyrrole nitrogens is 2. The third-order valence-corrected chi connectivity index (χ3v) is 4.42. The first-order valence-corrected chi connectivity index (χ1v) is 7.96. The minimum absolute atomic E-state index is 0.165. The van der Waals surface area contributed by atoms with Crippen molar-refractivity contribution in [3.05, 3.63) is 53.4 Å². The summed E-state index contributed by atoms with van der Waals surface area (Å²) < 4.78 is 27.7. The van der Waals surface area contributed by atoms with Crippen molar-refractivity contribution < 1.29 is 13.6 Å². The molecule has 0 saturated heterocycles. The second-order valence-electron chi connectivity index (χ2n) is 6.00. The van der Waals surface area contributed by atoms with E-state index in [1.165, 1.54) is 24.3 Å². The van der Waals surface area contributed by atoms with Crippen molar-refractivity contribution in [2.45, 2.75) is 25.2 Å². The van der Waals surface area contributed by atoms with E-state index in [2.05, 4.69) is 25.7 Å². The van der Waals surface area contributed by atoms with Gasteiger partial charge in [-0.2, -0.15) is 10.2 Å². The SMILES string of the molecule is O=C(Nc1cc(-c2c(F)cccc2F)[nH]n1)[C@@H]1CCCc2[nH]ncc21. The molecule has 0 saturated carbocycles. The average molecular weight is 343 g/mol. The summed E-state index contributed by atoms with van der Waals surface area (Å²) in [5.41, 5.74) is 1.83. The van der Waals surface area contributed by atoms with Crippen molar-refractivity contribution in [1.29, 1.82) is 0 Å². The fourth-order valence-corrected chi connectivity index (χ4v) is 3.22. The van der Waals surface area contributed by atoms with E-state index in [9.17, 15) is 13.6 Å². The molecule has 3 aromatic rings. The summed E-state index contributed by atoms with van der Waals surface area (Å²) in [4.78, 5) is 12.6. The Kier molecular flexibility index (Phi) is 3.79. The number of nitrogens with one attached hydrogen (secondary N) is 3. The Morgan fingerprint density at radius 1 is 1.24 bits per heavy atom. The van der Waals surface area contributed by atoms with Gasteiger partial charge in [-0.15, -0.1) is 0 Å². The third-order valence-electron chi connectivity index (χ3n) is 4.42. The largest absolute Gasteiger partial charge is 0.309 e. The number of nitrogens with zero attached hydrogens (tertiary/aromatic N) is 2. The lowest BCUT2D eigenvalue weighted by Crippen LogP contribution is -2.24. The van der Waals surface area contributed by atoms with E-state index in [4.69, 9.17) is 0 Å². The van der Waals surface area contributed by atoms with Crippen molar-refractivity contribution in [3.8, 4) is 11.3 Å². The van der Waals surface area contributed by atoms with Crippen molar-refractivity contribution in [2.24, 2.45) is 0 Å². The molecule has 0 radical (unpaired) electrons. The number of aromatic amines is 2. The highest BCUT2D eigenvalue weighted by Gasteiger charge is 2.28. The lowest BCUT2D eigenvalue weighted by Gasteiger charge is -2.20. The number of benzene rings is 1. The minimum Gasteiger partial charge on any atom is -0.309 e. The van der Waals surface area contributed by atoms with Gasteiger partial charge in [0.2, 0.25) is 5.91 Å². The zero-order chi connectivity index (χ0) is 17.4. The summed E-state index contributed by atoms with van der Waals surface area (Å²) in [7, 11) is 0. The Bertz CT molecular complexity index is 913. The van der Waals surface area contributed by atoms with Crippen LogP contribution < -0.4 is 5.32 Å². The number of hydrogen-bond donors (Lipinski definition) is 3. The van der Waals surface area contributed by atoms with Gasteiger partial charge in [0.05, 0.1) is 23.4 Å². The molecular weight excluding hydrogens is 328 g/mol. The molecule has 0 fully saturated rings. The van der Waals surface area contributed by atoms with Gasteiger partial charge in [-0.25, -0.2) is 8.78 Å². The molecule has 25 heavy (non-hydrogen) atoms. The Labute approximate surface area is 141 Å². The third kappa shape index (κ3) is 2.79. The van der Waals surface area contributed by atoms with Crippen molar-refractivity contribution in [2.75, 3.05) is 5.32 Å². The first kappa shape index (κ1) is 15.5. The summed E-state index contributed by atoms with van der Waals surface area (Å²) in [5, 5.41) is 16.1. The van der Waals surface area contributed by atoms with Gasteiger partial charge in [0.15, 0.2) is 5.82 Å². The van der Waals surface area contributed by atoms with E-state index >= 15 is 0 Å². The number of aryl methyl sites for hydroxylation is 1. The fraction of sp³-hybridized carbons (Fsp3) is 0.235. The summed E-state index contributed by atoms with van der Waals surface area (Å²) >= 11 is 0. The number of amides is 1. The molecule has 6 nitrogen and oxygen atoms in total. The van der Waals surface area contributed by atoms with Gasteiger partial charge in [-0.3, -0.25) is 15.0 Å². The second-order valence-corrected chi connectivity index (χ2v) is 6.00. The molecule has 128 valence electrons. The normalized spacial score (nSPS) is 16.5. The first-order chi connectivity index (χ1) is 12.1. The van der Waals surface area contributed by atoms with Crippen LogP contribution in [0.15, 0.2) is 30.5 Å². The van der Waals surface area contributed by atoms with Crippen LogP contribution in [0.1, 0.15) is 30.0 Å². The lowest BCUT2D eigenvalue weighted by molar-refractivity contribution is -0.117. The van der Waals surface area contributed by atoms with Crippen molar-refractivity contribution in [1.82, 2.24) is 20.4 Å². The van der Waals surface area contributed by atoms with Crippen molar-refractivity contribution in [3.63, 3.8) is 0 Å². The number of rotatable bonds is 3. The molecule has 3 N–H and O–H groups in total. The molecule has 0 unspecified atom stereocenters. The van der Waals surface area contributed by atoms with Gasteiger partial charge in [-0.05, 0) is 31.4 Å². The molecule has 1 aliphatic carbocycles. The standard InChI is InChI=1S/C17H15F2N5O/c18-11-4-2-5-12(19)16(11)14-7-15(24-23-14)21-17(25)9-3-1-6-13-10(9)8-20-22-13/h2,4-5,7-9H,1,3,6H2,(H,20,22)(H2,21,23,24,25)/t9-/m1/s1. The number of aromatic nitrogens is 4. The van der Waals surface area contributed by atoms with E-state index in [1.807, 2.05) is 0 Å². The topological polar surface area (TPSA) is 86.5 Å². The zero-order valence-corrected chi connectivity index (χ0v) is 13.1.